The van der Waals surface area contributed by atoms with Gasteiger partial charge in [-0.25, -0.2) is 0 Å². The van der Waals surface area contributed by atoms with Crippen molar-refractivity contribution in [3.05, 3.63) is 35.5 Å². The van der Waals surface area contributed by atoms with E-state index in [1.54, 1.807) is 11.8 Å². The summed E-state index contributed by atoms with van der Waals surface area (Å²) in [6.45, 7) is 7.69. The Morgan fingerprint density at radius 2 is 2.04 bits per heavy atom. The number of thioether (sulfide) groups is 1. The summed E-state index contributed by atoms with van der Waals surface area (Å²) in [6, 6.07) is 8.42. The fraction of sp³-hybridized carbons (Fsp3) is 0.474. The first-order valence-electron chi connectivity index (χ1n) is 8.84. The van der Waals surface area contributed by atoms with Gasteiger partial charge in [0.15, 0.2) is 5.69 Å². The average Bonchev–Trinajstić information content (AvgIpc) is 3.00. The molecule has 0 atom stereocenters. The van der Waals surface area contributed by atoms with Crippen LogP contribution in [-0.2, 0) is 17.0 Å². The zero-order valence-electron chi connectivity index (χ0n) is 14.7. The first kappa shape index (κ1) is 16.7. The molecule has 0 saturated carbocycles. The standard InChI is InChI=1S/C19H23N3O2S/c1-13(2)11-22-18-14-5-3-4-6-16(14)25-12-15(18)17(20-22)19(23)21-7-9-24-10-8-21/h3-6,13H,7-12H2,1-2H3. The highest BCUT2D eigenvalue weighted by Crippen LogP contribution is 2.43. The molecule has 0 bridgehead atoms. The van der Waals surface area contributed by atoms with Gasteiger partial charge in [0.2, 0.25) is 0 Å². The van der Waals surface area contributed by atoms with Gasteiger partial charge in [0.1, 0.15) is 0 Å². The molecule has 0 N–H and O–H groups in total. The molecule has 0 radical (unpaired) electrons. The largest absolute Gasteiger partial charge is 0.378 e. The lowest BCUT2D eigenvalue weighted by Gasteiger charge is -2.26. The van der Waals surface area contributed by atoms with Crippen molar-refractivity contribution in [3.63, 3.8) is 0 Å². The van der Waals surface area contributed by atoms with Crippen LogP contribution in [0.1, 0.15) is 29.9 Å². The molecule has 25 heavy (non-hydrogen) atoms. The lowest BCUT2D eigenvalue weighted by atomic mass is 10.0. The number of carbonyl (C=O) groups is 1. The van der Waals surface area contributed by atoms with Gasteiger partial charge in [-0.15, -0.1) is 11.8 Å². The number of hydrogen-bond donors (Lipinski definition) is 0. The fourth-order valence-electron chi connectivity index (χ4n) is 3.44. The smallest absolute Gasteiger partial charge is 0.274 e. The molecule has 1 aromatic carbocycles. The van der Waals surface area contributed by atoms with Crippen LogP contribution in [0.25, 0.3) is 11.3 Å². The molecule has 2 aromatic rings. The van der Waals surface area contributed by atoms with Gasteiger partial charge in [0.05, 0.1) is 18.9 Å². The van der Waals surface area contributed by atoms with Gasteiger partial charge in [-0.05, 0) is 12.0 Å². The molecular formula is C19H23N3O2S. The second kappa shape index (κ2) is 6.84. The number of ether oxygens (including phenoxy) is 1. The first-order chi connectivity index (χ1) is 12.1. The van der Waals surface area contributed by atoms with Crippen LogP contribution in [0.2, 0.25) is 0 Å². The summed E-state index contributed by atoms with van der Waals surface area (Å²) in [6.07, 6.45) is 0. The number of nitrogens with zero attached hydrogens (tertiary/aromatic N) is 3. The molecule has 2 aliphatic heterocycles. The third-order valence-corrected chi connectivity index (χ3v) is 5.70. The van der Waals surface area contributed by atoms with E-state index < -0.39 is 0 Å². The molecule has 3 heterocycles. The Bertz CT molecular complexity index is 794. The topological polar surface area (TPSA) is 47.4 Å². The number of aromatic nitrogens is 2. The Labute approximate surface area is 152 Å². The highest BCUT2D eigenvalue weighted by atomic mass is 32.2. The minimum Gasteiger partial charge on any atom is -0.378 e. The number of fused-ring (bicyclic) bond motifs is 3. The summed E-state index contributed by atoms with van der Waals surface area (Å²) in [5.41, 5.74) is 4.03. The second-order valence-electron chi connectivity index (χ2n) is 6.94. The predicted molar refractivity (Wildman–Crippen MR) is 98.8 cm³/mol. The van der Waals surface area contributed by atoms with Crippen LogP contribution in [0.15, 0.2) is 29.2 Å². The Kier molecular flexibility index (Phi) is 4.56. The normalized spacial score (nSPS) is 16.7. The Morgan fingerprint density at radius 3 is 2.80 bits per heavy atom. The van der Waals surface area contributed by atoms with Crippen LogP contribution in [0.4, 0.5) is 0 Å². The molecule has 132 valence electrons. The summed E-state index contributed by atoms with van der Waals surface area (Å²) in [5, 5.41) is 4.78. The number of rotatable bonds is 3. The van der Waals surface area contributed by atoms with E-state index in [1.165, 1.54) is 10.5 Å². The molecule has 2 aliphatic rings. The third kappa shape index (κ3) is 3.09. The molecule has 6 heteroatoms. The minimum absolute atomic E-state index is 0.0436. The van der Waals surface area contributed by atoms with Gasteiger partial charge >= 0.3 is 0 Å². The van der Waals surface area contributed by atoms with Crippen molar-refractivity contribution in [1.29, 1.82) is 0 Å². The Morgan fingerprint density at radius 1 is 1.28 bits per heavy atom. The van der Waals surface area contributed by atoms with Crippen LogP contribution < -0.4 is 0 Å². The van der Waals surface area contributed by atoms with E-state index in [1.807, 2.05) is 9.58 Å². The number of carbonyl (C=O) groups excluding carboxylic acids is 1. The maximum absolute atomic E-state index is 13.1. The van der Waals surface area contributed by atoms with Crippen molar-refractivity contribution >= 4 is 17.7 Å². The van der Waals surface area contributed by atoms with Gasteiger partial charge in [-0.3, -0.25) is 9.48 Å². The summed E-state index contributed by atoms with van der Waals surface area (Å²) in [7, 11) is 0. The summed E-state index contributed by atoms with van der Waals surface area (Å²) >= 11 is 1.79. The van der Waals surface area contributed by atoms with Gasteiger partial charge in [0.25, 0.3) is 5.91 Å². The zero-order valence-corrected chi connectivity index (χ0v) is 15.5. The molecule has 1 fully saturated rings. The second-order valence-corrected chi connectivity index (χ2v) is 7.96. The van der Waals surface area contributed by atoms with E-state index in [2.05, 4.69) is 38.1 Å². The number of morpholine rings is 1. The van der Waals surface area contributed by atoms with E-state index in [0.29, 0.717) is 37.9 Å². The molecule has 0 spiro atoms. The van der Waals surface area contributed by atoms with E-state index in [-0.39, 0.29) is 5.91 Å². The SMILES string of the molecule is CC(C)Cn1nc(C(=O)N2CCOCC2)c2c1-c1ccccc1SC2. The third-order valence-electron chi connectivity index (χ3n) is 4.60. The van der Waals surface area contributed by atoms with Crippen molar-refractivity contribution in [2.24, 2.45) is 5.92 Å². The Balaban J connectivity index is 1.79. The van der Waals surface area contributed by atoms with E-state index in [0.717, 1.165) is 23.6 Å². The van der Waals surface area contributed by atoms with Crippen LogP contribution >= 0.6 is 11.8 Å². The molecule has 4 rings (SSSR count). The Hall–Kier alpha value is -1.79. The van der Waals surface area contributed by atoms with Crippen molar-refractivity contribution in [2.75, 3.05) is 26.3 Å². The van der Waals surface area contributed by atoms with E-state index in [4.69, 9.17) is 9.84 Å². The van der Waals surface area contributed by atoms with Crippen LogP contribution in [0.3, 0.4) is 0 Å². The fourth-order valence-corrected chi connectivity index (χ4v) is 4.51. The monoisotopic (exact) mass is 357 g/mol. The van der Waals surface area contributed by atoms with E-state index >= 15 is 0 Å². The lowest BCUT2D eigenvalue weighted by Crippen LogP contribution is -2.41. The first-order valence-corrected chi connectivity index (χ1v) is 9.82. The molecule has 1 aromatic heterocycles. The highest BCUT2D eigenvalue weighted by Gasteiger charge is 2.31. The quantitative estimate of drug-likeness (QED) is 0.846. The van der Waals surface area contributed by atoms with Crippen molar-refractivity contribution in [2.45, 2.75) is 31.0 Å². The minimum atomic E-state index is 0.0436. The number of benzene rings is 1. The summed E-state index contributed by atoms with van der Waals surface area (Å²) in [5.74, 6) is 1.31. The van der Waals surface area contributed by atoms with Gasteiger partial charge in [0, 0.05) is 41.4 Å². The molecular weight excluding hydrogens is 334 g/mol. The maximum atomic E-state index is 13.1. The molecule has 1 saturated heterocycles. The van der Waals surface area contributed by atoms with Gasteiger partial charge in [-0.1, -0.05) is 32.0 Å². The average molecular weight is 357 g/mol. The molecule has 5 nitrogen and oxygen atoms in total. The number of amides is 1. The molecule has 1 amide bonds. The molecule has 0 unspecified atom stereocenters. The van der Waals surface area contributed by atoms with Crippen LogP contribution in [-0.4, -0.2) is 46.9 Å². The van der Waals surface area contributed by atoms with Crippen molar-refractivity contribution in [1.82, 2.24) is 14.7 Å². The van der Waals surface area contributed by atoms with Crippen molar-refractivity contribution in [3.8, 4) is 11.3 Å². The van der Waals surface area contributed by atoms with Crippen molar-refractivity contribution < 1.29 is 9.53 Å². The maximum Gasteiger partial charge on any atom is 0.274 e. The number of hydrogen-bond acceptors (Lipinski definition) is 4. The van der Waals surface area contributed by atoms with Gasteiger partial charge in [-0.2, -0.15) is 5.10 Å². The summed E-state index contributed by atoms with van der Waals surface area (Å²) < 4.78 is 7.43. The lowest BCUT2D eigenvalue weighted by molar-refractivity contribution is 0.0298. The summed E-state index contributed by atoms with van der Waals surface area (Å²) in [4.78, 5) is 16.2. The van der Waals surface area contributed by atoms with E-state index in [9.17, 15) is 4.79 Å². The predicted octanol–water partition coefficient (Wildman–Crippen LogP) is 3.28. The highest BCUT2D eigenvalue weighted by molar-refractivity contribution is 7.98. The van der Waals surface area contributed by atoms with Crippen LogP contribution in [0, 0.1) is 5.92 Å². The van der Waals surface area contributed by atoms with Crippen LogP contribution in [0.5, 0.6) is 0 Å². The molecule has 0 aliphatic carbocycles. The van der Waals surface area contributed by atoms with Gasteiger partial charge < -0.3 is 9.64 Å². The zero-order chi connectivity index (χ0) is 17.4.